The fourth-order valence-electron chi connectivity index (χ4n) is 2.17. The van der Waals surface area contributed by atoms with Gasteiger partial charge in [0.2, 0.25) is 0 Å². The van der Waals surface area contributed by atoms with Gasteiger partial charge in [-0.25, -0.2) is 0 Å². The van der Waals surface area contributed by atoms with E-state index in [4.69, 9.17) is 28.4 Å². The maximum atomic E-state index is 5.74. The van der Waals surface area contributed by atoms with Gasteiger partial charge in [0.15, 0.2) is 6.29 Å². The van der Waals surface area contributed by atoms with Crippen LogP contribution in [0.5, 0.6) is 0 Å². The van der Waals surface area contributed by atoms with Crippen molar-refractivity contribution in [2.24, 2.45) is 0 Å². The molecular weight excluding hydrogens is 228 g/mol. The molecule has 0 aromatic carbocycles. The van der Waals surface area contributed by atoms with Crippen LogP contribution in [0.15, 0.2) is 0 Å². The summed E-state index contributed by atoms with van der Waals surface area (Å²) in [6.45, 7) is 0.411. The molecular formula is C11H22O6. The van der Waals surface area contributed by atoms with Gasteiger partial charge in [-0.15, -0.1) is 0 Å². The Kier molecular flexibility index (Phi) is 6.32. The summed E-state index contributed by atoms with van der Waals surface area (Å²) in [5.74, 6) is 0. The molecule has 6 heteroatoms. The van der Waals surface area contributed by atoms with Crippen molar-refractivity contribution in [1.29, 1.82) is 0 Å². The number of rotatable bonds is 6. The molecule has 1 saturated heterocycles. The highest BCUT2D eigenvalue weighted by atomic mass is 16.7. The van der Waals surface area contributed by atoms with Crippen molar-refractivity contribution in [3.05, 3.63) is 0 Å². The van der Waals surface area contributed by atoms with Gasteiger partial charge in [-0.1, -0.05) is 0 Å². The largest absolute Gasteiger partial charge is 0.382 e. The highest BCUT2D eigenvalue weighted by Gasteiger charge is 2.47. The van der Waals surface area contributed by atoms with Gasteiger partial charge >= 0.3 is 0 Å². The van der Waals surface area contributed by atoms with Crippen molar-refractivity contribution < 1.29 is 28.4 Å². The standard InChI is InChI=1S/C11H22O6/c1-12-6-7-8(13-2)9(14-3)10(15-4)11(16-5)17-7/h7-11H,6H2,1-5H3/t7-,8-,9+,10+,11+/m1/s1. The zero-order valence-electron chi connectivity index (χ0n) is 11.0. The predicted molar refractivity (Wildman–Crippen MR) is 59.9 cm³/mol. The van der Waals surface area contributed by atoms with Gasteiger partial charge in [-0.3, -0.25) is 0 Å². The van der Waals surface area contributed by atoms with Gasteiger partial charge in [0.25, 0.3) is 0 Å². The third kappa shape index (κ3) is 3.15. The van der Waals surface area contributed by atoms with E-state index in [9.17, 15) is 0 Å². The molecule has 1 aliphatic heterocycles. The molecule has 102 valence electrons. The van der Waals surface area contributed by atoms with Gasteiger partial charge in [0, 0.05) is 35.5 Å². The van der Waals surface area contributed by atoms with Crippen molar-refractivity contribution in [3.63, 3.8) is 0 Å². The second kappa shape index (κ2) is 7.25. The normalized spacial score (nSPS) is 38.3. The summed E-state index contributed by atoms with van der Waals surface area (Å²) < 4.78 is 32.3. The first kappa shape index (κ1) is 14.8. The zero-order chi connectivity index (χ0) is 12.8. The van der Waals surface area contributed by atoms with E-state index in [1.807, 2.05) is 0 Å². The minimum atomic E-state index is -0.489. The van der Waals surface area contributed by atoms with Crippen LogP contribution in [0.2, 0.25) is 0 Å². The minimum absolute atomic E-state index is 0.244. The second-order valence-corrected chi connectivity index (χ2v) is 3.83. The van der Waals surface area contributed by atoms with E-state index in [-0.39, 0.29) is 24.4 Å². The van der Waals surface area contributed by atoms with E-state index in [1.165, 1.54) is 0 Å². The Morgan fingerprint density at radius 2 is 1.35 bits per heavy atom. The van der Waals surface area contributed by atoms with Crippen LogP contribution in [0, 0.1) is 0 Å². The Labute approximate surface area is 102 Å². The van der Waals surface area contributed by atoms with Crippen LogP contribution >= 0.6 is 0 Å². The summed E-state index contributed by atoms with van der Waals surface area (Å²) in [6.07, 6.45) is -1.58. The highest BCUT2D eigenvalue weighted by molar-refractivity contribution is 4.92. The third-order valence-electron chi connectivity index (χ3n) is 2.97. The lowest BCUT2D eigenvalue weighted by Gasteiger charge is -2.44. The molecule has 0 aromatic heterocycles. The lowest BCUT2D eigenvalue weighted by Crippen LogP contribution is -2.61. The van der Waals surface area contributed by atoms with Crippen LogP contribution in [-0.2, 0) is 28.4 Å². The summed E-state index contributed by atoms with van der Waals surface area (Å²) in [5.41, 5.74) is 0. The number of ether oxygens (including phenoxy) is 6. The third-order valence-corrected chi connectivity index (χ3v) is 2.97. The maximum absolute atomic E-state index is 5.74. The van der Waals surface area contributed by atoms with Crippen LogP contribution in [0.3, 0.4) is 0 Å². The molecule has 1 rings (SSSR count). The summed E-state index contributed by atoms with van der Waals surface area (Å²) in [7, 11) is 8.01. The van der Waals surface area contributed by atoms with E-state index < -0.39 is 6.29 Å². The second-order valence-electron chi connectivity index (χ2n) is 3.83. The van der Waals surface area contributed by atoms with Crippen molar-refractivity contribution in [2.75, 3.05) is 42.2 Å². The SMILES string of the molecule is COC[C@H]1O[C@H](OC)[C@@H](OC)[C@@H](OC)[C@@H]1OC. The summed E-state index contributed by atoms with van der Waals surface area (Å²) in [4.78, 5) is 0. The highest BCUT2D eigenvalue weighted by Crippen LogP contribution is 2.27. The van der Waals surface area contributed by atoms with Crippen LogP contribution in [0.4, 0.5) is 0 Å². The first-order valence-corrected chi connectivity index (χ1v) is 5.49. The molecule has 0 aromatic rings. The smallest absolute Gasteiger partial charge is 0.186 e. The first-order chi connectivity index (χ1) is 8.23. The minimum Gasteiger partial charge on any atom is -0.382 e. The van der Waals surface area contributed by atoms with Crippen molar-refractivity contribution >= 4 is 0 Å². The van der Waals surface area contributed by atoms with Gasteiger partial charge in [0.1, 0.15) is 24.4 Å². The van der Waals surface area contributed by atoms with E-state index >= 15 is 0 Å². The molecule has 0 radical (unpaired) electrons. The van der Waals surface area contributed by atoms with Crippen molar-refractivity contribution in [3.8, 4) is 0 Å². The quantitative estimate of drug-likeness (QED) is 0.664. The number of hydrogen-bond acceptors (Lipinski definition) is 6. The van der Waals surface area contributed by atoms with Crippen LogP contribution < -0.4 is 0 Å². The van der Waals surface area contributed by atoms with Crippen LogP contribution in [-0.4, -0.2) is 72.9 Å². The Hall–Kier alpha value is -0.240. The van der Waals surface area contributed by atoms with Crippen molar-refractivity contribution in [1.82, 2.24) is 0 Å². The Morgan fingerprint density at radius 3 is 1.76 bits per heavy atom. The molecule has 0 unspecified atom stereocenters. The van der Waals surface area contributed by atoms with E-state index in [0.717, 1.165) is 0 Å². The van der Waals surface area contributed by atoms with Crippen LogP contribution in [0.25, 0.3) is 0 Å². The molecule has 0 saturated carbocycles. The van der Waals surface area contributed by atoms with Crippen LogP contribution in [0.1, 0.15) is 0 Å². The lowest BCUT2D eigenvalue weighted by molar-refractivity contribution is -0.307. The Morgan fingerprint density at radius 1 is 0.765 bits per heavy atom. The Bertz CT molecular complexity index is 212. The molecule has 0 spiro atoms. The Balaban J connectivity index is 2.84. The molecule has 1 aliphatic rings. The number of hydrogen-bond donors (Lipinski definition) is 0. The first-order valence-electron chi connectivity index (χ1n) is 5.49. The maximum Gasteiger partial charge on any atom is 0.186 e. The average Bonchev–Trinajstić information content (AvgIpc) is 2.37. The van der Waals surface area contributed by atoms with Gasteiger partial charge in [0.05, 0.1) is 6.61 Å². The molecule has 0 N–H and O–H groups in total. The molecule has 0 aliphatic carbocycles. The average molecular weight is 250 g/mol. The fourth-order valence-corrected chi connectivity index (χ4v) is 2.17. The van der Waals surface area contributed by atoms with Crippen molar-refractivity contribution in [2.45, 2.75) is 30.7 Å². The lowest BCUT2D eigenvalue weighted by atomic mass is 9.98. The summed E-state index contributed by atoms with van der Waals surface area (Å²) in [6, 6.07) is 0. The van der Waals surface area contributed by atoms with Gasteiger partial charge in [-0.2, -0.15) is 0 Å². The molecule has 17 heavy (non-hydrogen) atoms. The van der Waals surface area contributed by atoms with Gasteiger partial charge < -0.3 is 28.4 Å². The monoisotopic (exact) mass is 250 g/mol. The summed E-state index contributed by atoms with van der Waals surface area (Å²) in [5, 5.41) is 0. The van der Waals surface area contributed by atoms with E-state index in [0.29, 0.717) is 6.61 Å². The summed E-state index contributed by atoms with van der Waals surface area (Å²) >= 11 is 0. The molecule has 1 fully saturated rings. The predicted octanol–water partition coefficient (Wildman–Crippen LogP) is 0.0491. The molecule has 0 bridgehead atoms. The molecule has 6 nitrogen and oxygen atoms in total. The fraction of sp³-hybridized carbons (Fsp3) is 1.00. The van der Waals surface area contributed by atoms with E-state index in [1.54, 1.807) is 35.5 Å². The topological polar surface area (TPSA) is 55.4 Å². The van der Waals surface area contributed by atoms with Gasteiger partial charge in [-0.05, 0) is 0 Å². The molecule has 5 atom stereocenters. The van der Waals surface area contributed by atoms with E-state index in [2.05, 4.69) is 0 Å². The molecule has 1 heterocycles. The molecule has 0 amide bonds. The number of methoxy groups -OCH3 is 5. The zero-order valence-corrected chi connectivity index (χ0v) is 11.0.